The van der Waals surface area contributed by atoms with Gasteiger partial charge < -0.3 is 10.1 Å². The van der Waals surface area contributed by atoms with E-state index in [2.05, 4.69) is 22.7 Å². The number of hydrogen-bond acceptors (Lipinski definition) is 5. The van der Waals surface area contributed by atoms with Crippen molar-refractivity contribution >= 4 is 28.1 Å². The Labute approximate surface area is 111 Å². The Morgan fingerprint density at radius 2 is 2.41 bits per heavy atom. The first-order valence-electron chi connectivity index (χ1n) is 5.53. The summed E-state index contributed by atoms with van der Waals surface area (Å²) >= 11 is 7.03. The molecule has 17 heavy (non-hydrogen) atoms. The largest absolute Gasteiger partial charge is 0.383 e. The fourth-order valence-electron chi connectivity index (χ4n) is 1.50. The van der Waals surface area contributed by atoms with Crippen molar-refractivity contribution < 1.29 is 4.74 Å². The van der Waals surface area contributed by atoms with Crippen LogP contribution in [-0.2, 0) is 4.74 Å². The number of aromatic nitrogens is 1. The predicted molar refractivity (Wildman–Crippen MR) is 70.7 cm³/mol. The molecule has 1 N–H and O–H groups in total. The second kappa shape index (κ2) is 7.49. The number of halogens is 1. The summed E-state index contributed by atoms with van der Waals surface area (Å²) in [5, 5.41) is 13.2. The van der Waals surface area contributed by atoms with Crippen LogP contribution in [0.15, 0.2) is 0 Å². The maximum absolute atomic E-state index is 8.97. The number of methoxy groups -OCH3 is 1. The van der Waals surface area contributed by atoms with Crippen LogP contribution in [0.5, 0.6) is 0 Å². The van der Waals surface area contributed by atoms with E-state index in [1.807, 2.05) is 0 Å². The molecule has 1 aromatic heterocycles. The van der Waals surface area contributed by atoms with Crippen molar-refractivity contribution in [3.8, 4) is 6.07 Å². The van der Waals surface area contributed by atoms with Crippen LogP contribution in [-0.4, -0.2) is 24.1 Å². The lowest BCUT2D eigenvalue weighted by atomic mass is 10.1. The molecule has 0 saturated carbocycles. The summed E-state index contributed by atoms with van der Waals surface area (Å²) in [6.45, 7) is 2.76. The second-order valence-corrected chi connectivity index (χ2v) is 4.86. The van der Waals surface area contributed by atoms with Crippen molar-refractivity contribution in [2.45, 2.75) is 32.2 Å². The van der Waals surface area contributed by atoms with Gasteiger partial charge in [0.25, 0.3) is 0 Å². The smallest absolute Gasteiger partial charge is 0.162 e. The molecule has 1 aromatic rings. The van der Waals surface area contributed by atoms with Crippen LogP contribution in [0.4, 0.5) is 5.00 Å². The number of anilines is 1. The molecule has 94 valence electrons. The molecule has 0 amide bonds. The lowest BCUT2D eigenvalue weighted by Crippen LogP contribution is -2.24. The SMILES string of the molecule is CCCCC(COC)Nc1snc(Cl)c1C#N. The van der Waals surface area contributed by atoms with E-state index in [1.165, 1.54) is 11.5 Å². The Balaban J connectivity index is 2.68. The van der Waals surface area contributed by atoms with Crippen molar-refractivity contribution in [3.05, 3.63) is 10.7 Å². The van der Waals surface area contributed by atoms with E-state index in [4.69, 9.17) is 21.6 Å². The number of nitrogens with zero attached hydrogens (tertiary/aromatic N) is 2. The third-order valence-corrected chi connectivity index (χ3v) is 3.52. The standard InChI is InChI=1S/C11H16ClN3OS/c1-3-4-5-8(7-16-2)14-11-9(6-13)10(12)15-17-11/h8,14H,3-5,7H2,1-2H3. The monoisotopic (exact) mass is 273 g/mol. The molecule has 1 unspecified atom stereocenters. The van der Waals surface area contributed by atoms with Crippen molar-refractivity contribution in [3.63, 3.8) is 0 Å². The Bertz CT molecular complexity index is 389. The van der Waals surface area contributed by atoms with Crippen LogP contribution in [0.1, 0.15) is 31.7 Å². The summed E-state index contributed by atoms with van der Waals surface area (Å²) in [5.74, 6) is 0. The molecule has 1 rings (SSSR count). The number of hydrogen-bond donors (Lipinski definition) is 1. The van der Waals surface area contributed by atoms with Crippen LogP contribution in [0, 0.1) is 11.3 Å². The summed E-state index contributed by atoms with van der Waals surface area (Å²) < 4.78 is 9.12. The fraction of sp³-hybridized carbons (Fsp3) is 0.636. The van der Waals surface area contributed by atoms with Gasteiger partial charge in [-0.15, -0.1) is 0 Å². The molecule has 4 nitrogen and oxygen atoms in total. The van der Waals surface area contributed by atoms with Crippen LogP contribution in [0.2, 0.25) is 5.15 Å². The van der Waals surface area contributed by atoms with E-state index in [0.717, 1.165) is 24.3 Å². The number of nitriles is 1. The van der Waals surface area contributed by atoms with E-state index in [1.54, 1.807) is 7.11 Å². The molecule has 0 aliphatic carbocycles. The normalized spacial score (nSPS) is 12.1. The highest BCUT2D eigenvalue weighted by atomic mass is 35.5. The molecule has 6 heteroatoms. The zero-order valence-corrected chi connectivity index (χ0v) is 11.6. The maximum Gasteiger partial charge on any atom is 0.162 e. The van der Waals surface area contributed by atoms with Gasteiger partial charge in [-0.05, 0) is 18.0 Å². The number of ether oxygens (including phenoxy) is 1. The molecular formula is C11H16ClN3OS. The van der Waals surface area contributed by atoms with Gasteiger partial charge >= 0.3 is 0 Å². The molecule has 0 radical (unpaired) electrons. The number of rotatable bonds is 7. The molecule has 1 atom stereocenters. The minimum absolute atomic E-state index is 0.198. The van der Waals surface area contributed by atoms with E-state index in [-0.39, 0.29) is 11.2 Å². The number of unbranched alkanes of at least 4 members (excludes halogenated alkanes) is 1. The van der Waals surface area contributed by atoms with Crippen molar-refractivity contribution in [2.24, 2.45) is 0 Å². The highest BCUT2D eigenvalue weighted by Gasteiger charge is 2.15. The van der Waals surface area contributed by atoms with E-state index in [9.17, 15) is 0 Å². The van der Waals surface area contributed by atoms with E-state index in [0.29, 0.717) is 12.2 Å². The first-order valence-corrected chi connectivity index (χ1v) is 6.68. The molecule has 0 bridgehead atoms. The van der Waals surface area contributed by atoms with Crippen LogP contribution >= 0.6 is 23.1 Å². The minimum atomic E-state index is 0.198. The molecular weight excluding hydrogens is 258 g/mol. The van der Waals surface area contributed by atoms with Gasteiger partial charge in [-0.25, -0.2) is 0 Å². The molecule has 0 aliphatic rings. The summed E-state index contributed by atoms with van der Waals surface area (Å²) in [6.07, 6.45) is 3.26. The number of nitrogens with one attached hydrogen (secondary N) is 1. The molecule has 1 heterocycles. The Morgan fingerprint density at radius 1 is 1.65 bits per heavy atom. The fourth-order valence-corrected chi connectivity index (χ4v) is 2.51. The second-order valence-electron chi connectivity index (χ2n) is 3.73. The van der Waals surface area contributed by atoms with Crippen molar-refractivity contribution in [1.29, 1.82) is 5.26 Å². The maximum atomic E-state index is 8.97. The molecule has 0 fully saturated rings. The van der Waals surface area contributed by atoms with Gasteiger partial charge in [0, 0.05) is 7.11 Å². The molecule has 0 aliphatic heterocycles. The van der Waals surface area contributed by atoms with Gasteiger partial charge in [0.05, 0.1) is 12.6 Å². The summed E-state index contributed by atoms with van der Waals surface area (Å²) in [4.78, 5) is 0. The van der Waals surface area contributed by atoms with Crippen molar-refractivity contribution in [1.82, 2.24) is 4.37 Å². The quantitative estimate of drug-likeness (QED) is 0.828. The lowest BCUT2D eigenvalue weighted by Gasteiger charge is -2.17. The zero-order valence-electron chi connectivity index (χ0n) is 9.99. The molecule has 0 aromatic carbocycles. The van der Waals surface area contributed by atoms with E-state index < -0.39 is 0 Å². The Kier molecular flexibility index (Phi) is 6.27. The van der Waals surface area contributed by atoms with Gasteiger partial charge in [0.2, 0.25) is 0 Å². The average molecular weight is 274 g/mol. The van der Waals surface area contributed by atoms with Crippen LogP contribution in [0.25, 0.3) is 0 Å². The highest BCUT2D eigenvalue weighted by molar-refractivity contribution is 7.10. The average Bonchev–Trinajstić information content (AvgIpc) is 2.67. The highest BCUT2D eigenvalue weighted by Crippen LogP contribution is 2.28. The minimum Gasteiger partial charge on any atom is -0.383 e. The third kappa shape index (κ3) is 4.15. The first kappa shape index (κ1) is 14.2. The Morgan fingerprint density at radius 3 is 3.00 bits per heavy atom. The van der Waals surface area contributed by atoms with Crippen molar-refractivity contribution in [2.75, 3.05) is 19.0 Å². The van der Waals surface area contributed by atoms with E-state index >= 15 is 0 Å². The van der Waals surface area contributed by atoms with Gasteiger partial charge in [-0.1, -0.05) is 31.4 Å². The lowest BCUT2D eigenvalue weighted by molar-refractivity contribution is 0.182. The zero-order chi connectivity index (χ0) is 12.7. The summed E-state index contributed by atoms with van der Waals surface area (Å²) in [6, 6.07) is 2.26. The molecule has 0 spiro atoms. The van der Waals surface area contributed by atoms with Crippen LogP contribution < -0.4 is 5.32 Å². The summed E-state index contributed by atoms with van der Waals surface area (Å²) in [7, 11) is 1.67. The third-order valence-electron chi connectivity index (χ3n) is 2.37. The van der Waals surface area contributed by atoms with Crippen LogP contribution in [0.3, 0.4) is 0 Å². The summed E-state index contributed by atoms with van der Waals surface area (Å²) in [5.41, 5.74) is 0.425. The molecule has 0 saturated heterocycles. The van der Waals surface area contributed by atoms with Gasteiger partial charge in [0.15, 0.2) is 5.15 Å². The van der Waals surface area contributed by atoms with Gasteiger partial charge in [-0.3, -0.25) is 0 Å². The predicted octanol–water partition coefficient (Wildman–Crippen LogP) is 3.29. The Hall–Kier alpha value is -0.830. The van der Waals surface area contributed by atoms with Gasteiger partial charge in [-0.2, -0.15) is 9.64 Å². The first-order chi connectivity index (χ1) is 8.22. The van der Waals surface area contributed by atoms with Gasteiger partial charge in [0.1, 0.15) is 16.6 Å². The topological polar surface area (TPSA) is 57.9 Å².